The normalized spacial score (nSPS) is 10.6. The molecule has 2 rings (SSSR count). The zero-order valence-corrected chi connectivity index (χ0v) is 14.4. The molecule has 0 bridgehead atoms. The monoisotopic (exact) mass is 390 g/mol. The number of aromatic carboxylic acids is 1. The van der Waals surface area contributed by atoms with Gasteiger partial charge in [0.15, 0.2) is 6.61 Å². The Bertz CT molecular complexity index is 790. The van der Waals surface area contributed by atoms with Gasteiger partial charge in [-0.25, -0.2) is 10.2 Å². The zero-order valence-electron chi connectivity index (χ0n) is 12.8. The molecule has 0 radical (unpaired) electrons. The lowest BCUT2D eigenvalue weighted by Gasteiger charge is -2.07. The molecule has 0 aliphatic heterocycles. The predicted molar refractivity (Wildman–Crippen MR) is 93.5 cm³/mol. The van der Waals surface area contributed by atoms with E-state index in [0.29, 0.717) is 11.3 Å². The minimum absolute atomic E-state index is 0.107. The Morgan fingerprint density at radius 1 is 1.29 bits per heavy atom. The summed E-state index contributed by atoms with van der Waals surface area (Å²) < 4.78 is 6.15. The largest absolute Gasteiger partial charge is 0.483 e. The standard InChI is InChI=1S/C17H15BrN2O4/c1-11-6-7-15(14(18)8-11)24-10-16(21)20-19-9-12-4-2-3-5-13(12)17(22)23/h2-9H,10H2,1H3,(H,20,21)(H,22,23)/b19-9+. The van der Waals surface area contributed by atoms with Gasteiger partial charge in [-0.3, -0.25) is 4.79 Å². The molecule has 0 unspecified atom stereocenters. The highest BCUT2D eigenvalue weighted by molar-refractivity contribution is 9.10. The molecule has 0 heterocycles. The topological polar surface area (TPSA) is 88.0 Å². The molecule has 0 atom stereocenters. The maximum absolute atomic E-state index is 11.7. The number of amides is 1. The number of carbonyl (C=O) groups excluding carboxylic acids is 1. The molecule has 2 N–H and O–H groups in total. The van der Waals surface area contributed by atoms with Crippen LogP contribution in [0.5, 0.6) is 5.75 Å². The van der Waals surface area contributed by atoms with Gasteiger partial charge in [0.2, 0.25) is 0 Å². The molecule has 0 fully saturated rings. The van der Waals surface area contributed by atoms with Gasteiger partial charge >= 0.3 is 5.97 Å². The van der Waals surface area contributed by atoms with E-state index in [0.717, 1.165) is 10.0 Å². The smallest absolute Gasteiger partial charge is 0.336 e. The molecule has 6 nitrogen and oxygen atoms in total. The number of nitrogens with one attached hydrogen (secondary N) is 1. The minimum atomic E-state index is -1.06. The van der Waals surface area contributed by atoms with E-state index in [1.807, 2.05) is 19.1 Å². The average molecular weight is 391 g/mol. The highest BCUT2D eigenvalue weighted by Crippen LogP contribution is 2.25. The fourth-order valence-corrected chi connectivity index (χ4v) is 2.48. The number of carboxylic acid groups (broad SMARTS) is 1. The van der Waals surface area contributed by atoms with Crippen molar-refractivity contribution in [2.45, 2.75) is 6.92 Å². The number of carbonyl (C=O) groups is 2. The van der Waals surface area contributed by atoms with E-state index in [1.165, 1.54) is 12.3 Å². The Labute approximate surface area is 147 Å². The Hall–Kier alpha value is -2.67. The van der Waals surface area contributed by atoms with Crippen LogP contribution in [0.25, 0.3) is 0 Å². The maximum Gasteiger partial charge on any atom is 0.336 e. The van der Waals surface area contributed by atoms with Crippen LogP contribution >= 0.6 is 15.9 Å². The summed E-state index contributed by atoms with van der Waals surface area (Å²) in [6, 6.07) is 11.9. The summed E-state index contributed by atoms with van der Waals surface area (Å²) in [5, 5.41) is 12.8. The van der Waals surface area contributed by atoms with Crippen molar-refractivity contribution < 1.29 is 19.4 Å². The second-order valence-corrected chi connectivity index (χ2v) is 5.76. The minimum Gasteiger partial charge on any atom is -0.483 e. The molecule has 2 aromatic rings. The molecule has 2 aromatic carbocycles. The summed E-state index contributed by atoms with van der Waals surface area (Å²) >= 11 is 3.36. The Morgan fingerprint density at radius 3 is 2.75 bits per heavy atom. The number of aryl methyl sites for hydroxylation is 1. The number of benzene rings is 2. The third-order valence-electron chi connectivity index (χ3n) is 3.03. The van der Waals surface area contributed by atoms with Crippen molar-refractivity contribution in [3.63, 3.8) is 0 Å². The van der Waals surface area contributed by atoms with Gasteiger partial charge in [0, 0.05) is 5.56 Å². The number of carboxylic acids is 1. The van der Waals surface area contributed by atoms with E-state index < -0.39 is 11.9 Å². The van der Waals surface area contributed by atoms with Crippen molar-refractivity contribution in [1.29, 1.82) is 0 Å². The summed E-state index contributed by atoms with van der Waals surface area (Å²) in [5.41, 5.74) is 3.87. The van der Waals surface area contributed by atoms with Crippen molar-refractivity contribution >= 4 is 34.0 Å². The van der Waals surface area contributed by atoms with E-state index >= 15 is 0 Å². The molecule has 0 aromatic heterocycles. The molecule has 1 amide bonds. The second kappa shape index (κ2) is 8.26. The van der Waals surface area contributed by atoms with Crippen LogP contribution in [0.2, 0.25) is 0 Å². The number of hydrazone groups is 1. The van der Waals surface area contributed by atoms with E-state index in [-0.39, 0.29) is 12.2 Å². The molecular weight excluding hydrogens is 376 g/mol. The molecule has 0 aliphatic rings. The fraction of sp³-hybridized carbons (Fsp3) is 0.118. The van der Waals surface area contributed by atoms with Crippen LogP contribution in [0.3, 0.4) is 0 Å². The van der Waals surface area contributed by atoms with Crippen molar-refractivity contribution in [2.24, 2.45) is 5.10 Å². The predicted octanol–water partition coefficient (Wildman–Crippen LogP) is 2.98. The summed E-state index contributed by atoms with van der Waals surface area (Å²) in [6.45, 7) is 1.74. The van der Waals surface area contributed by atoms with E-state index in [9.17, 15) is 9.59 Å². The van der Waals surface area contributed by atoms with Crippen LogP contribution in [0.4, 0.5) is 0 Å². The van der Waals surface area contributed by atoms with Crippen LogP contribution in [0.15, 0.2) is 52.0 Å². The van der Waals surface area contributed by atoms with Crippen molar-refractivity contribution in [3.8, 4) is 5.75 Å². The highest BCUT2D eigenvalue weighted by Gasteiger charge is 2.07. The first kappa shape index (κ1) is 17.7. The van der Waals surface area contributed by atoms with Gasteiger partial charge in [-0.1, -0.05) is 24.3 Å². The zero-order chi connectivity index (χ0) is 17.5. The Kier molecular flexibility index (Phi) is 6.08. The number of hydrogen-bond acceptors (Lipinski definition) is 4. The van der Waals surface area contributed by atoms with Crippen molar-refractivity contribution in [3.05, 3.63) is 63.6 Å². The number of hydrogen-bond donors (Lipinski definition) is 2. The van der Waals surface area contributed by atoms with E-state index in [4.69, 9.17) is 9.84 Å². The van der Waals surface area contributed by atoms with Gasteiger partial charge in [0.05, 0.1) is 16.3 Å². The lowest BCUT2D eigenvalue weighted by Crippen LogP contribution is -2.24. The van der Waals surface area contributed by atoms with Gasteiger partial charge in [0.1, 0.15) is 5.75 Å². The quantitative estimate of drug-likeness (QED) is 0.586. The van der Waals surface area contributed by atoms with Gasteiger partial charge in [0.25, 0.3) is 5.91 Å². The fourth-order valence-electron chi connectivity index (χ4n) is 1.88. The SMILES string of the molecule is Cc1ccc(OCC(=O)N/N=C/c2ccccc2C(=O)O)c(Br)c1. The molecule has 0 aliphatic carbocycles. The van der Waals surface area contributed by atoms with Gasteiger partial charge < -0.3 is 9.84 Å². The summed E-state index contributed by atoms with van der Waals surface area (Å²) in [7, 11) is 0. The van der Waals surface area contributed by atoms with Crippen LogP contribution in [-0.4, -0.2) is 29.8 Å². The Morgan fingerprint density at radius 2 is 2.04 bits per heavy atom. The van der Waals surface area contributed by atoms with E-state index in [1.54, 1.807) is 24.3 Å². The lowest BCUT2D eigenvalue weighted by atomic mass is 10.1. The second-order valence-electron chi connectivity index (χ2n) is 4.91. The molecular formula is C17H15BrN2O4. The molecule has 0 saturated carbocycles. The third-order valence-corrected chi connectivity index (χ3v) is 3.65. The van der Waals surface area contributed by atoms with Crippen molar-refractivity contribution in [2.75, 3.05) is 6.61 Å². The molecule has 24 heavy (non-hydrogen) atoms. The average Bonchev–Trinajstić information content (AvgIpc) is 2.54. The van der Waals surface area contributed by atoms with Crippen LogP contribution in [0, 0.1) is 6.92 Å². The Balaban J connectivity index is 1.90. The van der Waals surface area contributed by atoms with E-state index in [2.05, 4.69) is 26.5 Å². The van der Waals surface area contributed by atoms with Crippen LogP contribution in [-0.2, 0) is 4.79 Å². The summed E-state index contributed by atoms with van der Waals surface area (Å²) in [6.07, 6.45) is 1.28. The summed E-state index contributed by atoms with van der Waals surface area (Å²) in [5.74, 6) is -0.960. The number of ether oxygens (including phenoxy) is 1. The van der Waals surface area contributed by atoms with Crippen molar-refractivity contribution in [1.82, 2.24) is 5.43 Å². The molecule has 0 saturated heterocycles. The number of halogens is 1. The first-order valence-corrected chi connectivity index (χ1v) is 7.80. The first-order chi connectivity index (χ1) is 11.5. The van der Waals surface area contributed by atoms with Gasteiger partial charge in [-0.2, -0.15) is 5.10 Å². The molecule has 124 valence electrons. The number of nitrogens with zero attached hydrogens (tertiary/aromatic N) is 1. The van der Waals surface area contributed by atoms with Gasteiger partial charge in [-0.05, 0) is 46.6 Å². The lowest BCUT2D eigenvalue weighted by molar-refractivity contribution is -0.123. The first-order valence-electron chi connectivity index (χ1n) is 7.00. The molecule has 0 spiro atoms. The molecule has 7 heteroatoms. The van der Waals surface area contributed by atoms with Gasteiger partial charge in [-0.15, -0.1) is 0 Å². The summed E-state index contributed by atoms with van der Waals surface area (Å²) in [4.78, 5) is 22.8. The van der Waals surface area contributed by atoms with Crippen LogP contribution in [0.1, 0.15) is 21.5 Å². The highest BCUT2D eigenvalue weighted by atomic mass is 79.9. The van der Waals surface area contributed by atoms with Crippen LogP contribution < -0.4 is 10.2 Å². The third kappa shape index (κ3) is 4.92. The maximum atomic E-state index is 11.7. The number of rotatable bonds is 6.